The molecule has 0 spiro atoms. The first-order valence-electron chi connectivity index (χ1n) is 7.40. The van der Waals surface area contributed by atoms with Gasteiger partial charge in [-0.3, -0.25) is 0 Å². The molecule has 23 heavy (non-hydrogen) atoms. The van der Waals surface area contributed by atoms with Crippen LogP contribution in [0.4, 0.5) is 9.18 Å². The van der Waals surface area contributed by atoms with E-state index < -0.39 is 0 Å². The molecule has 2 rings (SSSR count). The number of urea groups is 1. The van der Waals surface area contributed by atoms with E-state index in [9.17, 15) is 9.18 Å². The Bertz CT molecular complexity index is 671. The summed E-state index contributed by atoms with van der Waals surface area (Å²) in [6, 6.07) is 13.6. The van der Waals surface area contributed by atoms with E-state index in [0.717, 1.165) is 5.56 Å². The Balaban J connectivity index is 1.86. The van der Waals surface area contributed by atoms with Crippen LogP contribution < -0.4 is 10.6 Å². The molecule has 0 aliphatic rings. The fourth-order valence-corrected chi connectivity index (χ4v) is 2.31. The molecule has 0 atom stereocenters. The summed E-state index contributed by atoms with van der Waals surface area (Å²) in [6.07, 6.45) is 0. The van der Waals surface area contributed by atoms with Crippen LogP contribution in [0.3, 0.4) is 0 Å². The third-order valence-electron chi connectivity index (χ3n) is 3.71. The number of carbonyl (C=O) groups is 1. The number of nitrogens with one attached hydrogen (secondary N) is 2. The lowest BCUT2D eigenvalue weighted by molar-refractivity contribution is 0.238. The minimum atomic E-state index is -0.325. The molecular formula is C18H20ClFN2O. The number of halogens is 2. The van der Waals surface area contributed by atoms with Crippen molar-refractivity contribution in [3.8, 4) is 0 Å². The first kappa shape index (κ1) is 17.3. The number of hydrogen-bond donors (Lipinski definition) is 2. The molecule has 2 aromatic carbocycles. The largest absolute Gasteiger partial charge is 0.337 e. The van der Waals surface area contributed by atoms with Gasteiger partial charge in [-0.05, 0) is 23.8 Å². The fraction of sp³-hybridized carbons (Fsp3) is 0.278. The molecular weight excluding hydrogens is 315 g/mol. The molecule has 0 heterocycles. The van der Waals surface area contributed by atoms with E-state index in [2.05, 4.69) is 10.6 Å². The highest BCUT2D eigenvalue weighted by molar-refractivity contribution is 6.30. The molecule has 0 aliphatic heterocycles. The molecule has 2 N–H and O–H groups in total. The summed E-state index contributed by atoms with van der Waals surface area (Å²) in [5.41, 5.74) is 1.30. The zero-order chi connectivity index (χ0) is 16.9. The number of rotatable bonds is 5. The summed E-state index contributed by atoms with van der Waals surface area (Å²) in [6.45, 7) is 4.68. The number of carbonyl (C=O) groups excluding carboxylic acids is 1. The quantitative estimate of drug-likeness (QED) is 0.843. The smallest absolute Gasteiger partial charge is 0.315 e. The van der Waals surface area contributed by atoms with Gasteiger partial charge in [0.2, 0.25) is 0 Å². The van der Waals surface area contributed by atoms with Gasteiger partial charge in [-0.15, -0.1) is 0 Å². The number of hydrogen-bond acceptors (Lipinski definition) is 1. The second kappa shape index (κ2) is 7.47. The third kappa shape index (κ3) is 4.96. The topological polar surface area (TPSA) is 41.1 Å². The van der Waals surface area contributed by atoms with Crippen LogP contribution in [-0.4, -0.2) is 12.6 Å². The van der Waals surface area contributed by atoms with Crippen LogP contribution in [-0.2, 0) is 12.0 Å². The Morgan fingerprint density at radius 3 is 2.39 bits per heavy atom. The molecule has 0 unspecified atom stereocenters. The summed E-state index contributed by atoms with van der Waals surface area (Å²) in [5, 5.41) is 6.16. The molecule has 2 amide bonds. The minimum absolute atomic E-state index is 0.153. The maximum Gasteiger partial charge on any atom is 0.315 e. The van der Waals surface area contributed by atoms with Gasteiger partial charge in [0.15, 0.2) is 0 Å². The number of benzene rings is 2. The van der Waals surface area contributed by atoms with Gasteiger partial charge in [0.25, 0.3) is 0 Å². The normalized spacial score (nSPS) is 11.1. The first-order valence-corrected chi connectivity index (χ1v) is 7.77. The zero-order valence-electron chi connectivity index (χ0n) is 13.2. The zero-order valence-corrected chi connectivity index (χ0v) is 14.0. The van der Waals surface area contributed by atoms with E-state index in [-0.39, 0.29) is 23.8 Å². The van der Waals surface area contributed by atoms with Crippen LogP contribution in [0.5, 0.6) is 0 Å². The predicted octanol–water partition coefficient (Wildman–Crippen LogP) is 4.26. The molecule has 0 aromatic heterocycles. The van der Waals surface area contributed by atoms with Crippen molar-refractivity contribution in [1.29, 1.82) is 0 Å². The van der Waals surface area contributed by atoms with Crippen LogP contribution in [0, 0.1) is 5.82 Å². The van der Waals surface area contributed by atoms with Crippen molar-refractivity contribution in [2.24, 2.45) is 0 Å². The summed E-state index contributed by atoms with van der Waals surface area (Å²) in [7, 11) is 0. The molecule has 3 nitrogen and oxygen atoms in total. The third-order valence-corrected chi connectivity index (χ3v) is 3.97. The molecule has 5 heteroatoms. The second-order valence-electron chi connectivity index (χ2n) is 6.02. The highest BCUT2D eigenvalue weighted by Gasteiger charge is 2.21. The maximum absolute atomic E-state index is 13.5. The maximum atomic E-state index is 13.5. The Morgan fingerprint density at radius 2 is 1.74 bits per heavy atom. The monoisotopic (exact) mass is 334 g/mol. The van der Waals surface area contributed by atoms with Crippen LogP contribution in [0.25, 0.3) is 0 Å². The van der Waals surface area contributed by atoms with Gasteiger partial charge in [-0.1, -0.05) is 55.8 Å². The van der Waals surface area contributed by atoms with Crippen molar-refractivity contribution in [2.45, 2.75) is 25.8 Å². The van der Waals surface area contributed by atoms with Gasteiger partial charge >= 0.3 is 6.03 Å². The summed E-state index contributed by atoms with van der Waals surface area (Å²) in [4.78, 5) is 11.9. The number of amides is 2. The van der Waals surface area contributed by atoms with E-state index in [1.54, 1.807) is 18.2 Å². The van der Waals surface area contributed by atoms with Gasteiger partial charge in [0, 0.05) is 29.1 Å². The lowest BCUT2D eigenvalue weighted by Gasteiger charge is -2.25. The average molecular weight is 335 g/mol. The SMILES string of the molecule is CC(C)(CNC(=O)NCc1ccccc1F)c1ccc(Cl)cc1. The fourth-order valence-electron chi connectivity index (χ4n) is 2.18. The molecule has 122 valence electrons. The van der Waals surface area contributed by atoms with Crippen LogP contribution in [0.1, 0.15) is 25.0 Å². The lowest BCUT2D eigenvalue weighted by atomic mass is 9.85. The van der Waals surface area contributed by atoms with E-state index in [1.165, 1.54) is 6.07 Å². The Hall–Kier alpha value is -2.07. The van der Waals surface area contributed by atoms with E-state index >= 15 is 0 Å². The minimum Gasteiger partial charge on any atom is -0.337 e. The molecule has 0 saturated carbocycles. The average Bonchev–Trinajstić information content (AvgIpc) is 2.53. The van der Waals surface area contributed by atoms with Crippen molar-refractivity contribution in [2.75, 3.05) is 6.54 Å². The molecule has 2 aromatic rings. The highest BCUT2D eigenvalue weighted by atomic mass is 35.5. The van der Waals surface area contributed by atoms with Crippen LogP contribution in [0.2, 0.25) is 5.02 Å². The summed E-state index contributed by atoms with van der Waals surface area (Å²) < 4.78 is 13.5. The van der Waals surface area contributed by atoms with Crippen molar-refractivity contribution >= 4 is 17.6 Å². The van der Waals surface area contributed by atoms with Crippen molar-refractivity contribution < 1.29 is 9.18 Å². The van der Waals surface area contributed by atoms with Crippen molar-refractivity contribution in [3.63, 3.8) is 0 Å². The van der Waals surface area contributed by atoms with Gasteiger partial charge in [-0.25, -0.2) is 9.18 Å². The van der Waals surface area contributed by atoms with Crippen molar-refractivity contribution in [1.82, 2.24) is 10.6 Å². The van der Waals surface area contributed by atoms with E-state index in [1.807, 2.05) is 38.1 Å². The standard InChI is InChI=1S/C18H20ClFN2O/c1-18(2,14-7-9-15(19)10-8-14)12-22-17(23)21-11-13-5-3-4-6-16(13)20/h3-10H,11-12H2,1-2H3,(H2,21,22,23). The predicted molar refractivity (Wildman–Crippen MR) is 91.1 cm³/mol. The Labute approximate surface area is 140 Å². The van der Waals surface area contributed by atoms with E-state index in [4.69, 9.17) is 11.6 Å². The first-order chi connectivity index (χ1) is 10.9. The Morgan fingerprint density at radius 1 is 1.09 bits per heavy atom. The molecule has 0 aliphatic carbocycles. The van der Waals surface area contributed by atoms with Gasteiger partial charge < -0.3 is 10.6 Å². The van der Waals surface area contributed by atoms with Gasteiger partial charge in [-0.2, -0.15) is 0 Å². The van der Waals surface area contributed by atoms with Gasteiger partial charge in [0.1, 0.15) is 5.82 Å². The molecule has 0 saturated heterocycles. The lowest BCUT2D eigenvalue weighted by Crippen LogP contribution is -2.42. The molecule has 0 radical (unpaired) electrons. The summed E-state index contributed by atoms with van der Waals surface area (Å²) in [5.74, 6) is -0.325. The molecule has 0 fully saturated rings. The van der Waals surface area contributed by atoms with Crippen molar-refractivity contribution in [3.05, 3.63) is 70.5 Å². The Kier molecular flexibility index (Phi) is 5.61. The highest BCUT2D eigenvalue weighted by Crippen LogP contribution is 2.23. The van der Waals surface area contributed by atoms with Crippen LogP contribution >= 0.6 is 11.6 Å². The van der Waals surface area contributed by atoms with Crippen LogP contribution in [0.15, 0.2) is 48.5 Å². The van der Waals surface area contributed by atoms with Gasteiger partial charge in [0.05, 0.1) is 0 Å². The second-order valence-corrected chi connectivity index (χ2v) is 6.45. The summed E-state index contributed by atoms with van der Waals surface area (Å²) >= 11 is 5.89. The molecule has 0 bridgehead atoms. The van der Waals surface area contributed by atoms with E-state index in [0.29, 0.717) is 17.1 Å².